The van der Waals surface area contributed by atoms with Crippen molar-refractivity contribution in [1.82, 2.24) is 9.55 Å². The van der Waals surface area contributed by atoms with Gasteiger partial charge in [-0.25, -0.2) is 22.9 Å². The van der Waals surface area contributed by atoms with Crippen molar-refractivity contribution in [2.75, 3.05) is 12.4 Å². The van der Waals surface area contributed by atoms with E-state index in [0.29, 0.717) is 0 Å². The Morgan fingerprint density at radius 3 is 2.40 bits per heavy atom. The first-order chi connectivity index (χ1) is 15.8. The summed E-state index contributed by atoms with van der Waals surface area (Å²) in [5.74, 6) is 4.08. The van der Waals surface area contributed by atoms with Gasteiger partial charge in [0.1, 0.15) is 24.7 Å². The van der Waals surface area contributed by atoms with Gasteiger partial charge in [0.05, 0.1) is 6.10 Å². The number of anilines is 1. The second-order valence-corrected chi connectivity index (χ2v) is 11.5. The second-order valence-electron chi connectivity index (χ2n) is 7.14. The molecule has 1 aromatic heterocycles. The number of nitrogens with zero attached hydrogens (tertiary/aromatic N) is 2. The lowest BCUT2D eigenvalue weighted by molar-refractivity contribution is -0.0760. The number of hydrogen-bond acceptors (Lipinski definition) is 12. The molecule has 0 radical (unpaired) electrons. The van der Waals surface area contributed by atoms with Gasteiger partial charge in [-0.1, -0.05) is 11.8 Å². The van der Waals surface area contributed by atoms with Crippen molar-refractivity contribution in [2.45, 2.75) is 43.9 Å². The number of aliphatic hydroxyl groups is 1. The van der Waals surface area contributed by atoms with Crippen molar-refractivity contribution < 1.29 is 60.6 Å². The van der Waals surface area contributed by atoms with E-state index in [1.54, 1.807) is 0 Å². The standard InChI is InChI=1S/C14H22FN4O13P3/c1-7-6-9(16)18-13(21)19(7)12-14(17,4-3-5-15)11(20)10(29-12)8(2)30-34(25,26)32-35(27,28)31-33(22,23)24/h6,8,10-12,20H,5,17H2,1-2H3,(H,25,26)(H,27,28)(H2,16,18,21)(H2,22,23,24)/t8-,10+,11-,12+,14?/m0/s1. The molecule has 198 valence electrons. The molecule has 1 aliphatic rings. The van der Waals surface area contributed by atoms with Gasteiger partial charge in [-0.05, 0) is 19.9 Å². The third-order valence-corrected chi connectivity index (χ3v) is 8.37. The highest BCUT2D eigenvalue weighted by Crippen LogP contribution is 2.66. The molecule has 0 amide bonds. The number of nitrogen functional groups attached to an aromatic ring is 1. The van der Waals surface area contributed by atoms with Crippen molar-refractivity contribution in [3.05, 3.63) is 22.2 Å². The zero-order chi connectivity index (χ0) is 27.0. The van der Waals surface area contributed by atoms with Crippen molar-refractivity contribution in [1.29, 1.82) is 0 Å². The molecule has 0 bridgehead atoms. The second kappa shape index (κ2) is 10.4. The minimum atomic E-state index is -5.82. The molecule has 9 N–H and O–H groups in total. The lowest BCUT2D eigenvalue weighted by atomic mass is 9.90. The van der Waals surface area contributed by atoms with Crippen LogP contribution in [0.2, 0.25) is 0 Å². The van der Waals surface area contributed by atoms with E-state index in [0.717, 1.165) is 11.5 Å². The summed E-state index contributed by atoms with van der Waals surface area (Å²) in [5.41, 5.74) is 8.61. The molecule has 0 saturated carbocycles. The lowest BCUT2D eigenvalue weighted by Gasteiger charge is -2.29. The Hall–Kier alpha value is -1.54. The number of aliphatic hydroxyl groups excluding tert-OH is 1. The third kappa shape index (κ3) is 7.25. The van der Waals surface area contributed by atoms with E-state index in [9.17, 15) is 37.8 Å². The van der Waals surface area contributed by atoms with Crippen molar-refractivity contribution in [3.8, 4) is 11.8 Å². The molecule has 2 rings (SSSR count). The molecule has 7 atom stereocenters. The maximum absolute atomic E-state index is 12.8. The Morgan fingerprint density at radius 1 is 1.29 bits per heavy atom. The fourth-order valence-electron chi connectivity index (χ4n) is 3.20. The number of aromatic nitrogens is 2. The van der Waals surface area contributed by atoms with Crippen LogP contribution in [0.25, 0.3) is 0 Å². The molecule has 2 heterocycles. The Morgan fingerprint density at radius 2 is 1.89 bits per heavy atom. The molecular weight excluding hydrogens is 544 g/mol. The summed E-state index contributed by atoms with van der Waals surface area (Å²) in [4.78, 5) is 52.2. The van der Waals surface area contributed by atoms with Gasteiger partial charge in [-0.2, -0.15) is 13.6 Å². The highest BCUT2D eigenvalue weighted by atomic mass is 31.3. The van der Waals surface area contributed by atoms with Gasteiger partial charge in [0, 0.05) is 5.69 Å². The van der Waals surface area contributed by atoms with Gasteiger partial charge in [0.15, 0.2) is 11.8 Å². The molecule has 35 heavy (non-hydrogen) atoms. The monoisotopic (exact) mass is 566 g/mol. The Balaban J connectivity index is 2.39. The highest BCUT2D eigenvalue weighted by molar-refractivity contribution is 7.66. The van der Waals surface area contributed by atoms with Gasteiger partial charge < -0.3 is 40.9 Å². The number of alkyl halides is 1. The fraction of sp³-hybridized carbons (Fsp3) is 0.571. The zero-order valence-electron chi connectivity index (χ0n) is 17.9. The number of phosphoric ester groups is 1. The summed E-state index contributed by atoms with van der Waals surface area (Å²) in [6.07, 6.45) is -7.02. The maximum Gasteiger partial charge on any atom is 0.490 e. The van der Waals surface area contributed by atoms with Crippen LogP contribution in [0.4, 0.5) is 10.2 Å². The number of nitrogens with two attached hydrogens (primary N) is 2. The van der Waals surface area contributed by atoms with Crippen LogP contribution in [0.3, 0.4) is 0 Å². The minimum absolute atomic E-state index is 0.137. The van der Waals surface area contributed by atoms with E-state index in [1.165, 1.54) is 13.0 Å². The molecule has 0 aliphatic carbocycles. The van der Waals surface area contributed by atoms with Gasteiger partial charge in [-0.15, -0.1) is 0 Å². The fourth-order valence-corrected chi connectivity index (χ4v) is 6.40. The molecule has 1 aliphatic heterocycles. The van der Waals surface area contributed by atoms with Crippen LogP contribution < -0.4 is 17.2 Å². The average molecular weight is 566 g/mol. The molecule has 1 aromatic rings. The highest BCUT2D eigenvalue weighted by Gasteiger charge is 2.57. The molecule has 1 fully saturated rings. The van der Waals surface area contributed by atoms with Crippen LogP contribution in [-0.4, -0.2) is 64.8 Å². The van der Waals surface area contributed by atoms with Crippen LogP contribution >= 0.6 is 23.5 Å². The van der Waals surface area contributed by atoms with Crippen molar-refractivity contribution in [3.63, 3.8) is 0 Å². The van der Waals surface area contributed by atoms with Crippen LogP contribution in [0, 0.1) is 18.8 Å². The first-order valence-electron chi connectivity index (χ1n) is 9.18. The summed E-state index contributed by atoms with van der Waals surface area (Å²) in [7, 11) is -17.1. The van der Waals surface area contributed by atoms with Crippen molar-refractivity contribution >= 4 is 29.3 Å². The number of rotatable bonds is 8. The lowest BCUT2D eigenvalue weighted by Crippen LogP contribution is -2.56. The summed E-state index contributed by atoms with van der Waals surface area (Å²) in [6, 6.07) is 1.25. The molecule has 21 heteroatoms. The third-order valence-electron chi connectivity index (χ3n) is 4.45. The van der Waals surface area contributed by atoms with Crippen molar-refractivity contribution in [2.24, 2.45) is 5.73 Å². The first-order valence-corrected chi connectivity index (χ1v) is 13.7. The number of halogens is 1. The van der Waals surface area contributed by atoms with Gasteiger partial charge in [-0.3, -0.25) is 9.09 Å². The molecule has 1 saturated heterocycles. The minimum Gasteiger partial charge on any atom is -0.387 e. The quantitative estimate of drug-likeness (QED) is 0.144. The topological polar surface area (TPSA) is 276 Å². The van der Waals surface area contributed by atoms with Gasteiger partial charge >= 0.3 is 29.2 Å². The predicted octanol–water partition coefficient (Wildman–Crippen LogP) is -1.21. The van der Waals surface area contributed by atoms with Crippen LogP contribution in [0.15, 0.2) is 10.9 Å². The van der Waals surface area contributed by atoms with E-state index in [2.05, 4.69) is 24.0 Å². The summed E-state index contributed by atoms with van der Waals surface area (Å²) >= 11 is 0. The first kappa shape index (κ1) is 29.7. The van der Waals surface area contributed by atoms with E-state index in [1.807, 2.05) is 5.92 Å². The predicted molar refractivity (Wildman–Crippen MR) is 113 cm³/mol. The normalized spacial score (nSPS) is 29.0. The van der Waals surface area contributed by atoms with E-state index in [-0.39, 0.29) is 11.5 Å². The van der Waals surface area contributed by atoms with Gasteiger partial charge in [0.2, 0.25) is 0 Å². The van der Waals surface area contributed by atoms with Crippen LogP contribution in [0.5, 0.6) is 0 Å². The molecule has 17 nitrogen and oxygen atoms in total. The molecular formula is C14H22FN4O13P3. The molecule has 0 aromatic carbocycles. The van der Waals surface area contributed by atoms with E-state index in [4.69, 9.17) is 26.0 Å². The number of ether oxygens (including phenoxy) is 1. The molecule has 0 spiro atoms. The zero-order valence-corrected chi connectivity index (χ0v) is 20.5. The number of hydrogen-bond donors (Lipinski definition) is 7. The maximum atomic E-state index is 12.8. The summed E-state index contributed by atoms with van der Waals surface area (Å²) < 4.78 is 65.5. The number of aryl methyl sites for hydroxylation is 1. The smallest absolute Gasteiger partial charge is 0.387 e. The Bertz CT molecular complexity index is 1230. The molecule has 3 unspecified atom stereocenters. The summed E-state index contributed by atoms with van der Waals surface area (Å²) in [5, 5.41) is 10.8. The van der Waals surface area contributed by atoms with Crippen LogP contribution in [0.1, 0.15) is 18.8 Å². The summed E-state index contributed by atoms with van der Waals surface area (Å²) in [6.45, 7) is 1.21. The van der Waals surface area contributed by atoms with E-state index >= 15 is 0 Å². The Labute approximate surface area is 196 Å². The SMILES string of the molecule is Cc1cc(N)nc(=O)n1[C@@H]1O[C@H]([C@H](C)OP(=O)(O)OP(=O)(O)OP(=O)(O)O)[C@H](O)C1(N)C#CCF. The number of phosphoric acid groups is 3. The van der Waals surface area contributed by atoms with Crippen LogP contribution in [-0.2, 0) is 31.6 Å². The van der Waals surface area contributed by atoms with Gasteiger partial charge in [0.25, 0.3) is 0 Å². The Kier molecular flexibility index (Phi) is 8.86. The van der Waals surface area contributed by atoms with E-state index < -0.39 is 65.9 Å². The average Bonchev–Trinajstić information content (AvgIpc) is 2.88. The largest absolute Gasteiger partial charge is 0.490 e.